The Morgan fingerprint density at radius 1 is 1.11 bits per heavy atom. The SMILES string of the molecule is CC(C)CCNC(=O)CCNC(=O)OC(C)(C)C. The van der Waals surface area contributed by atoms with Crippen molar-refractivity contribution in [2.75, 3.05) is 13.1 Å². The van der Waals surface area contributed by atoms with Gasteiger partial charge in [0.1, 0.15) is 5.60 Å². The van der Waals surface area contributed by atoms with Crippen LogP contribution in [0.4, 0.5) is 4.79 Å². The zero-order valence-electron chi connectivity index (χ0n) is 12.1. The van der Waals surface area contributed by atoms with E-state index in [-0.39, 0.29) is 12.3 Å². The van der Waals surface area contributed by atoms with Crippen LogP contribution in [0.15, 0.2) is 0 Å². The molecule has 0 atom stereocenters. The van der Waals surface area contributed by atoms with Crippen molar-refractivity contribution in [3.63, 3.8) is 0 Å². The van der Waals surface area contributed by atoms with E-state index in [9.17, 15) is 9.59 Å². The Morgan fingerprint density at radius 3 is 2.22 bits per heavy atom. The molecule has 0 spiro atoms. The molecule has 5 heteroatoms. The van der Waals surface area contributed by atoms with Gasteiger partial charge >= 0.3 is 6.09 Å². The molecule has 0 rings (SSSR count). The van der Waals surface area contributed by atoms with Gasteiger partial charge in [-0.15, -0.1) is 0 Å². The van der Waals surface area contributed by atoms with Gasteiger partial charge in [0.2, 0.25) is 5.91 Å². The van der Waals surface area contributed by atoms with Crippen LogP contribution in [0.25, 0.3) is 0 Å². The maximum atomic E-state index is 11.4. The molecule has 2 N–H and O–H groups in total. The van der Waals surface area contributed by atoms with E-state index in [4.69, 9.17) is 4.74 Å². The highest BCUT2D eigenvalue weighted by Gasteiger charge is 2.15. The fourth-order valence-corrected chi connectivity index (χ4v) is 1.18. The lowest BCUT2D eigenvalue weighted by molar-refractivity contribution is -0.120. The fourth-order valence-electron chi connectivity index (χ4n) is 1.18. The molecular weight excluding hydrogens is 232 g/mol. The maximum absolute atomic E-state index is 11.4. The van der Waals surface area contributed by atoms with Crippen molar-refractivity contribution < 1.29 is 14.3 Å². The van der Waals surface area contributed by atoms with Crippen molar-refractivity contribution in [2.24, 2.45) is 5.92 Å². The van der Waals surface area contributed by atoms with Crippen LogP contribution in [0.5, 0.6) is 0 Å². The van der Waals surface area contributed by atoms with Gasteiger partial charge in [-0.05, 0) is 33.1 Å². The van der Waals surface area contributed by atoms with Crippen molar-refractivity contribution in [2.45, 2.75) is 53.1 Å². The average Bonchev–Trinajstić information content (AvgIpc) is 2.13. The molecule has 0 unspecified atom stereocenters. The highest BCUT2D eigenvalue weighted by Crippen LogP contribution is 2.06. The second-order valence-electron chi connectivity index (χ2n) is 5.71. The van der Waals surface area contributed by atoms with E-state index in [1.165, 1.54) is 0 Å². The van der Waals surface area contributed by atoms with Crippen LogP contribution in [-0.4, -0.2) is 30.7 Å². The van der Waals surface area contributed by atoms with Crippen LogP contribution in [0, 0.1) is 5.92 Å². The van der Waals surface area contributed by atoms with Gasteiger partial charge < -0.3 is 15.4 Å². The number of rotatable bonds is 6. The van der Waals surface area contributed by atoms with E-state index >= 15 is 0 Å². The molecule has 0 radical (unpaired) electrons. The summed E-state index contributed by atoms with van der Waals surface area (Å²) in [4.78, 5) is 22.7. The molecule has 2 amide bonds. The highest BCUT2D eigenvalue weighted by atomic mass is 16.6. The summed E-state index contributed by atoms with van der Waals surface area (Å²) < 4.78 is 5.05. The molecular formula is C13H26N2O3. The van der Waals surface area contributed by atoms with Crippen LogP contribution in [-0.2, 0) is 9.53 Å². The van der Waals surface area contributed by atoms with Gasteiger partial charge in [-0.3, -0.25) is 4.79 Å². The molecule has 0 aliphatic rings. The summed E-state index contributed by atoms with van der Waals surface area (Å²) in [5.41, 5.74) is -0.510. The van der Waals surface area contributed by atoms with Crippen molar-refractivity contribution in [3.05, 3.63) is 0 Å². The number of amides is 2. The van der Waals surface area contributed by atoms with E-state index in [1.54, 1.807) is 20.8 Å². The Bertz CT molecular complexity index is 270. The van der Waals surface area contributed by atoms with Gasteiger partial charge in [0.15, 0.2) is 0 Å². The van der Waals surface area contributed by atoms with Crippen LogP contribution in [0.3, 0.4) is 0 Å². The summed E-state index contributed by atoms with van der Waals surface area (Å²) in [5.74, 6) is 0.525. The summed E-state index contributed by atoms with van der Waals surface area (Å²) >= 11 is 0. The zero-order chi connectivity index (χ0) is 14.2. The lowest BCUT2D eigenvalue weighted by Crippen LogP contribution is -2.35. The minimum absolute atomic E-state index is 0.0493. The number of ether oxygens (including phenoxy) is 1. The van der Waals surface area contributed by atoms with Crippen molar-refractivity contribution >= 4 is 12.0 Å². The highest BCUT2D eigenvalue weighted by molar-refractivity contribution is 5.76. The number of hydrogen-bond donors (Lipinski definition) is 2. The second kappa shape index (κ2) is 7.95. The van der Waals surface area contributed by atoms with E-state index in [0.29, 0.717) is 19.0 Å². The molecule has 0 aromatic carbocycles. The predicted molar refractivity (Wildman–Crippen MR) is 71.3 cm³/mol. The molecule has 0 heterocycles. The van der Waals surface area contributed by atoms with Gasteiger partial charge in [0.05, 0.1) is 0 Å². The normalized spacial score (nSPS) is 11.2. The van der Waals surface area contributed by atoms with Crippen LogP contribution < -0.4 is 10.6 Å². The van der Waals surface area contributed by atoms with Crippen molar-refractivity contribution in [1.29, 1.82) is 0 Å². The third-order valence-corrected chi connectivity index (χ3v) is 2.06. The molecule has 5 nitrogen and oxygen atoms in total. The molecule has 0 saturated carbocycles. The first-order valence-corrected chi connectivity index (χ1v) is 6.44. The minimum Gasteiger partial charge on any atom is -0.444 e. The standard InChI is InChI=1S/C13H26N2O3/c1-10(2)6-8-14-11(16)7-9-15-12(17)18-13(3,4)5/h10H,6-9H2,1-5H3,(H,14,16)(H,15,17). The number of nitrogens with one attached hydrogen (secondary N) is 2. The summed E-state index contributed by atoms with van der Waals surface area (Å²) in [6.07, 6.45) is 0.750. The first kappa shape index (κ1) is 16.7. The van der Waals surface area contributed by atoms with E-state index < -0.39 is 11.7 Å². The third kappa shape index (κ3) is 11.2. The van der Waals surface area contributed by atoms with Crippen LogP contribution >= 0.6 is 0 Å². The molecule has 18 heavy (non-hydrogen) atoms. The van der Waals surface area contributed by atoms with Crippen molar-refractivity contribution in [3.8, 4) is 0 Å². The Labute approximate surface area is 110 Å². The first-order chi connectivity index (χ1) is 8.20. The number of hydrogen-bond acceptors (Lipinski definition) is 3. The quantitative estimate of drug-likeness (QED) is 0.766. The molecule has 0 aliphatic carbocycles. The predicted octanol–water partition coefficient (Wildman–Crippen LogP) is 2.06. The molecule has 0 fully saturated rings. The monoisotopic (exact) mass is 258 g/mol. The number of carbonyl (C=O) groups excluding carboxylic acids is 2. The molecule has 106 valence electrons. The van der Waals surface area contributed by atoms with Gasteiger partial charge in [-0.25, -0.2) is 4.79 Å². The topological polar surface area (TPSA) is 67.4 Å². The Balaban J connectivity index is 3.59. The summed E-state index contributed by atoms with van der Waals surface area (Å²) in [7, 11) is 0. The van der Waals surface area contributed by atoms with E-state index in [1.807, 2.05) is 0 Å². The summed E-state index contributed by atoms with van der Waals surface area (Å²) in [6, 6.07) is 0. The first-order valence-electron chi connectivity index (χ1n) is 6.44. The smallest absolute Gasteiger partial charge is 0.407 e. The van der Waals surface area contributed by atoms with Crippen LogP contribution in [0.1, 0.15) is 47.5 Å². The van der Waals surface area contributed by atoms with E-state index in [2.05, 4.69) is 24.5 Å². The van der Waals surface area contributed by atoms with Crippen molar-refractivity contribution in [1.82, 2.24) is 10.6 Å². The van der Waals surface area contributed by atoms with Gasteiger partial charge in [0.25, 0.3) is 0 Å². The maximum Gasteiger partial charge on any atom is 0.407 e. The molecule has 0 aliphatic heterocycles. The lowest BCUT2D eigenvalue weighted by atomic mass is 10.1. The van der Waals surface area contributed by atoms with Crippen LogP contribution in [0.2, 0.25) is 0 Å². The molecule has 0 bridgehead atoms. The summed E-state index contributed by atoms with van der Waals surface area (Å²) in [5, 5.41) is 5.35. The average molecular weight is 258 g/mol. The largest absolute Gasteiger partial charge is 0.444 e. The fraction of sp³-hybridized carbons (Fsp3) is 0.846. The van der Waals surface area contributed by atoms with E-state index in [0.717, 1.165) is 6.42 Å². The number of carbonyl (C=O) groups is 2. The Hall–Kier alpha value is -1.26. The minimum atomic E-state index is -0.510. The van der Waals surface area contributed by atoms with Gasteiger partial charge in [0, 0.05) is 19.5 Å². The molecule has 0 aromatic heterocycles. The summed E-state index contributed by atoms with van der Waals surface area (Å²) in [6.45, 7) is 10.6. The van der Waals surface area contributed by atoms with Gasteiger partial charge in [-0.2, -0.15) is 0 Å². The Morgan fingerprint density at radius 2 is 1.72 bits per heavy atom. The zero-order valence-corrected chi connectivity index (χ0v) is 12.1. The molecule has 0 aromatic rings. The number of alkyl carbamates (subject to hydrolysis) is 1. The third-order valence-electron chi connectivity index (χ3n) is 2.06. The van der Waals surface area contributed by atoms with Gasteiger partial charge in [-0.1, -0.05) is 13.8 Å². The lowest BCUT2D eigenvalue weighted by Gasteiger charge is -2.19. The molecule has 0 saturated heterocycles. The Kier molecular flexibility index (Phi) is 7.39. The second-order valence-corrected chi connectivity index (χ2v) is 5.71.